The first kappa shape index (κ1) is 21.7. The number of likely N-dealkylation sites (N-methyl/N-ethyl adjacent to an activating group) is 1. The second-order valence-electron chi connectivity index (χ2n) is 8.57. The summed E-state index contributed by atoms with van der Waals surface area (Å²) in [6, 6.07) is 6.46. The SMILES string of the molecule is C=C1C(=C(C(=O)OC)C(=O)OC)N(C)C[C@]1(c1cc(C)cc(C)c1)C(C)(C)C. The molecule has 28 heavy (non-hydrogen) atoms. The molecule has 0 amide bonds. The van der Waals surface area contributed by atoms with Gasteiger partial charge in [0.25, 0.3) is 0 Å². The molecule has 1 aliphatic rings. The average Bonchev–Trinajstić information content (AvgIpc) is 2.86. The molecule has 0 aliphatic carbocycles. The summed E-state index contributed by atoms with van der Waals surface area (Å²) in [5, 5.41) is 0. The first-order chi connectivity index (χ1) is 12.9. The van der Waals surface area contributed by atoms with Crippen LogP contribution in [-0.4, -0.2) is 44.7 Å². The fourth-order valence-corrected chi connectivity index (χ4v) is 4.39. The standard InChI is InChI=1S/C23H31NO4/c1-14-10-15(2)12-17(11-14)23(22(4,5)6)13-24(7)19(16(23)3)18(20(25)27-8)21(26)28-9/h10-12H,3,13H2,1-2,4-9H3/t23-/m0/s1. The Morgan fingerprint density at radius 2 is 1.50 bits per heavy atom. The van der Waals surface area contributed by atoms with Crippen LogP contribution in [0.4, 0.5) is 0 Å². The Bertz CT molecular complexity index is 822. The lowest BCUT2D eigenvalue weighted by Gasteiger charge is -2.43. The minimum atomic E-state index is -0.722. The molecular formula is C23H31NO4. The first-order valence-electron chi connectivity index (χ1n) is 9.31. The molecule has 152 valence electrons. The molecular weight excluding hydrogens is 354 g/mol. The van der Waals surface area contributed by atoms with Crippen molar-refractivity contribution < 1.29 is 19.1 Å². The van der Waals surface area contributed by atoms with E-state index in [9.17, 15) is 9.59 Å². The monoisotopic (exact) mass is 385 g/mol. The zero-order valence-electron chi connectivity index (χ0n) is 18.2. The van der Waals surface area contributed by atoms with Gasteiger partial charge in [-0.3, -0.25) is 0 Å². The van der Waals surface area contributed by atoms with E-state index in [2.05, 4.69) is 59.4 Å². The second kappa shape index (κ2) is 7.46. The molecule has 0 radical (unpaired) electrons. The molecule has 1 aliphatic heterocycles. The molecule has 0 N–H and O–H groups in total. The summed E-state index contributed by atoms with van der Waals surface area (Å²) < 4.78 is 9.75. The number of benzene rings is 1. The van der Waals surface area contributed by atoms with Gasteiger partial charge in [0.1, 0.15) is 0 Å². The summed E-state index contributed by atoms with van der Waals surface area (Å²) in [6.07, 6.45) is 0. The van der Waals surface area contributed by atoms with Gasteiger partial charge in [0, 0.05) is 19.0 Å². The van der Waals surface area contributed by atoms with Crippen molar-refractivity contribution in [3.05, 3.63) is 58.3 Å². The zero-order valence-corrected chi connectivity index (χ0v) is 18.2. The van der Waals surface area contributed by atoms with Crippen molar-refractivity contribution in [3.63, 3.8) is 0 Å². The van der Waals surface area contributed by atoms with Gasteiger partial charge in [0.2, 0.25) is 0 Å². The van der Waals surface area contributed by atoms with E-state index in [1.54, 1.807) is 0 Å². The third-order valence-electron chi connectivity index (χ3n) is 5.67. The van der Waals surface area contributed by atoms with Crippen LogP contribution in [0.3, 0.4) is 0 Å². The Hall–Kier alpha value is -2.56. The second-order valence-corrected chi connectivity index (χ2v) is 8.57. The Morgan fingerprint density at radius 1 is 1.04 bits per heavy atom. The first-order valence-corrected chi connectivity index (χ1v) is 9.31. The van der Waals surface area contributed by atoms with E-state index in [1.807, 2.05) is 11.9 Å². The average molecular weight is 386 g/mol. The lowest BCUT2D eigenvalue weighted by atomic mass is 9.59. The zero-order chi connectivity index (χ0) is 21.4. The normalized spacial score (nSPS) is 19.6. The van der Waals surface area contributed by atoms with E-state index in [-0.39, 0.29) is 11.0 Å². The van der Waals surface area contributed by atoms with Crippen molar-refractivity contribution in [3.8, 4) is 0 Å². The molecule has 0 aromatic heterocycles. The van der Waals surface area contributed by atoms with Crippen LogP contribution >= 0.6 is 0 Å². The van der Waals surface area contributed by atoms with E-state index in [4.69, 9.17) is 9.47 Å². The van der Waals surface area contributed by atoms with Crippen LogP contribution in [-0.2, 0) is 24.5 Å². The van der Waals surface area contributed by atoms with Crippen LogP contribution in [0.15, 0.2) is 41.6 Å². The van der Waals surface area contributed by atoms with Crippen molar-refractivity contribution in [2.24, 2.45) is 5.41 Å². The van der Waals surface area contributed by atoms with Gasteiger partial charge in [-0.2, -0.15) is 0 Å². The topological polar surface area (TPSA) is 55.8 Å². The van der Waals surface area contributed by atoms with Gasteiger partial charge in [0.05, 0.1) is 19.9 Å². The predicted octanol–water partition coefficient (Wildman–Crippen LogP) is 3.69. The van der Waals surface area contributed by atoms with Crippen LogP contribution < -0.4 is 0 Å². The summed E-state index contributed by atoms with van der Waals surface area (Å²) >= 11 is 0. The lowest BCUT2D eigenvalue weighted by Crippen LogP contribution is -2.43. The molecule has 1 aromatic rings. The van der Waals surface area contributed by atoms with Gasteiger partial charge in [0.15, 0.2) is 5.57 Å². The molecule has 1 heterocycles. The number of hydrogen-bond donors (Lipinski definition) is 0. The fraction of sp³-hybridized carbons (Fsp3) is 0.478. The van der Waals surface area contributed by atoms with Crippen LogP contribution in [0, 0.1) is 19.3 Å². The summed E-state index contributed by atoms with van der Waals surface area (Å²) in [7, 11) is 4.37. The summed E-state index contributed by atoms with van der Waals surface area (Å²) in [5.74, 6) is -1.44. The molecule has 5 nitrogen and oxygen atoms in total. The summed E-state index contributed by atoms with van der Waals surface area (Å²) in [5.41, 5.74) is 3.82. The third-order valence-corrected chi connectivity index (χ3v) is 5.67. The molecule has 2 rings (SSSR count). The van der Waals surface area contributed by atoms with E-state index in [0.29, 0.717) is 12.2 Å². The highest BCUT2D eigenvalue weighted by Crippen LogP contribution is 2.54. The van der Waals surface area contributed by atoms with Crippen molar-refractivity contribution in [2.45, 2.75) is 40.0 Å². The molecule has 1 aromatic carbocycles. The Morgan fingerprint density at radius 3 is 1.89 bits per heavy atom. The highest BCUT2D eigenvalue weighted by atomic mass is 16.5. The number of aryl methyl sites for hydroxylation is 2. The maximum atomic E-state index is 12.4. The van der Waals surface area contributed by atoms with Crippen LogP contribution in [0.25, 0.3) is 0 Å². The van der Waals surface area contributed by atoms with Crippen LogP contribution in [0.1, 0.15) is 37.5 Å². The van der Waals surface area contributed by atoms with Crippen molar-refractivity contribution in [2.75, 3.05) is 27.8 Å². The number of carbonyl (C=O) groups excluding carboxylic acids is 2. The van der Waals surface area contributed by atoms with Crippen molar-refractivity contribution in [1.82, 2.24) is 4.90 Å². The highest BCUT2D eigenvalue weighted by Gasteiger charge is 2.54. The van der Waals surface area contributed by atoms with Crippen LogP contribution in [0.5, 0.6) is 0 Å². The smallest absolute Gasteiger partial charge is 0.347 e. The number of esters is 2. The van der Waals surface area contributed by atoms with Gasteiger partial charge in [-0.25, -0.2) is 9.59 Å². The minimum Gasteiger partial charge on any atom is -0.465 e. The molecule has 5 heteroatoms. The predicted molar refractivity (Wildman–Crippen MR) is 110 cm³/mol. The number of methoxy groups -OCH3 is 2. The van der Waals surface area contributed by atoms with E-state index in [1.165, 1.54) is 14.2 Å². The summed E-state index contributed by atoms with van der Waals surface area (Å²) in [4.78, 5) is 26.8. The largest absolute Gasteiger partial charge is 0.465 e. The molecule has 0 bridgehead atoms. The van der Waals surface area contributed by atoms with E-state index >= 15 is 0 Å². The minimum absolute atomic E-state index is 0.118. The number of allylic oxidation sites excluding steroid dienone is 1. The Kier molecular flexibility index (Phi) is 5.79. The van der Waals surface area contributed by atoms with E-state index in [0.717, 1.165) is 22.3 Å². The van der Waals surface area contributed by atoms with Gasteiger partial charge >= 0.3 is 11.9 Å². The van der Waals surface area contributed by atoms with Gasteiger partial charge < -0.3 is 14.4 Å². The maximum Gasteiger partial charge on any atom is 0.347 e. The number of likely N-dealkylation sites (tertiary alicyclic amines) is 1. The molecule has 1 atom stereocenters. The molecule has 0 unspecified atom stereocenters. The molecule has 0 spiro atoms. The third kappa shape index (κ3) is 3.34. The molecule has 1 saturated heterocycles. The highest BCUT2D eigenvalue weighted by molar-refractivity contribution is 6.15. The van der Waals surface area contributed by atoms with Crippen molar-refractivity contribution >= 4 is 11.9 Å². The van der Waals surface area contributed by atoms with Gasteiger partial charge in [-0.15, -0.1) is 0 Å². The number of carbonyl (C=O) groups is 2. The Balaban J connectivity index is 2.86. The summed E-state index contributed by atoms with van der Waals surface area (Å²) in [6.45, 7) is 15.6. The number of ether oxygens (including phenoxy) is 2. The maximum absolute atomic E-state index is 12.4. The number of nitrogens with zero attached hydrogens (tertiary/aromatic N) is 1. The lowest BCUT2D eigenvalue weighted by molar-refractivity contribution is -0.144. The van der Waals surface area contributed by atoms with Crippen LogP contribution in [0.2, 0.25) is 0 Å². The quantitative estimate of drug-likeness (QED) is 0.344. The Labute approximate surface area is 168 Å². The molecule has 1 fully saturated rings. The van der Waals surface area contributed by atoms with Gasteiger partial charge in [-0.1, -0.05) is 56.7 Å². The van der Waals surface area contributed by atoms with Crippen molar-refractivity contribution in [1.29, 1.82) is 0 Å². The number of rotatable bonds is 3. The molecule has 0 saturated carbocycles. The fourth-order valence-electron chi connectivity index (χ4n) is 4.39. The van der Waals surface area contributed by atoms with E-state index < -0.39 is 17.4 Å². The number of hydrogen-bond acceptors (Lipinski definition) is 5. The van der Waals surface area contributed by atoms with Gasteiger partial charge in [-0.05, 0) is 30.4 Å².